The summed E-state index contributed by atoms with van der Waals surface area (Å²) in [4.78, 5) is 33.0. The second-order valence-corrected chi connectivity index (χ2v) is 6.51. The number of anilines is 1. The van der Waals surface area contributed by atoms with Crippen LogP contribution < -0.4 is 5.32 Å². The van der Waals surface area contributed by atoms with E-state index in [0.717, 1.165) is 5.69 Å². The highest BCUT2D eigenvalue weighted by Gasteiger charge is 2.13. The maximum absolute atomic E-state index is 10.9. The van der Waals surface area contributed by atoms with Crippen LogP contribution in [0.4, 0.5) is 11.6 Å². The fourth-order valence-electron chi connectivity index (χ4n) is 2.49. The van der Waals surface area contributed by atoms with Crippen molar-refractivity contribution in [2.45, 2.75) is 6.54 Å². The van der Waals surface area contributed by atoms with Crippen molar-refractivity contribution in [3.05, 3.63) is 69.4 Å². The molecule has 1 heterocycles. The third-order valence-corrected chi connectivity index (χ3v) is 4.24. The lowest BCUT2D eigenvalue weighted by Crippen LogP contribution is -2.09. The van der Waals surface area contributed by atoms with E-state index >= 15 is 0 Å². The molecule has 1 aromatic heterocycles. The zero-order valence-electron chi connectivity index (χ0n) is 16.0. The summed E-state index contributed by atoms with van der Waals surface area (Å²) < 4.78 is 1.79. The SMILES string of the molecule is Cn1c(-c2cccc([N+](=O)[O-])c2)cnc1NCc1cc(Cl)ccc1O.O=C(O)C(=O)O. The first-order valence-corrected chi connectivity index (χ1v) is 8.92. The van der Waals surface area contributed by atoms with E-state index in [0.29, 0.717) is 28.6 Å². The summed E-state index contributed by atoms with van der Waals surface area (Å²) in [5, 5.41) is 39.2. The van der Waals surface area contributed by atoms with Crippen LogP contribution in [0.25, 0.3) is 11.3 Å². The predicted molar refractivity (Wildman–Crippen MR) is 111 cm³/mol. The number of nitro groups is 1. The van der Waals surface area contributed by atoms with Gasteiger partial charge < -0.3 is 25.2 Å². The molecule has 0 saturated heterocycles. The number of aromatic nitrogens is 2. The molecule has 3 rings (SSSR count). The van der Waals surface area contributed by atoms with Crippen LogP contribution in [-0.2, 0) is 23.2 Å². The predicted octanol–water partition coefficient (Wildman–Crippen LogP) is 3.12. The second kappa shape index (κ2) is 10.1. The van der Waals surface area contributed by atoms with Gasteiger partial charge in [0.15, 0.2) is 0 Å². The fraction of sp³-hybridized carbons (Fsp3) is 0.105. The summed E-state index contributed by atoms with van der Waals surface area (Å²) >= 11 is 5.94. The Morgan fingerprint density at radius 2 is 1.87 bits per heavy atom. The van der Waals surface area contributed by atoms with E-state index in [1.54, 1.807) is 42.1 Å². The molecule has 3 aromatic rings. The number of benzene rings is 2. The van der Waals surface area contributed by atoms with Gasteiger partial charge in [-0.25, -0.2) is 14.6 Å². The summed E-state index contributed by atoms with van der Waals surface area (Å²) in [6.45, 7) is 0.339. The third kappa shape index (κ3) is 6.18. The number of aliphatic carboxylic acids is 2. The maximum Gasteiger partial charge on any atom is 0.414 e. The molecule has 162 valence electrons. The molecule has 0 aliphatic carbocycles. The smallest absolute Gasteiger partial charge is 0.414 e. The minimum Gasteiger partial charge on any atom is -0.508 e. The van der Waals surface area contributed by atoms with Gasteiger partial charge in [0.05, 0.1) is 16.8 Å². The van der Waals surface area contributed by atoms with Gasteiger partial charge in [-0.1, -0.05) is 23.7 Å². The summed E-state index contributed by atoms with van der Waals surface area (Å²) in [6.07, 6.45) is 1.64. The lowest BCUT2D eigenvalue weighted by Gasteiger charge is -2.10. The number of phenols is 1. The standard InChI is InChI=1S/C17H15ClN4O3.C2H2O4/c1-21-15(11-3-2-4-14(8-11)22(24)25)10-20-17(21)19-9-12-7-13(18)5-6-16(12)23;3-1(4)2(5)6/h2-8,10,23H,9H2,1H3,(H,19,20);(H,3,4)(H,5,6). The number of carboxylic acids is 2. The number of aromatic hydroxyl groups is 1. The Morgan fingerprint density at radius 3 is 2.48 bits per heavy atom. The molecule has 11 nitrogen and oxygen atoms in total. The number of nitrogens with one attached hydrogen (secondary N) is 1. The first kappa shape index (κ1) is 23.2. The summed E-state index contributed by atoms with van der Waals surface area (Å²) in [6, 6.07) is 11.2. The first-order valence-electron chi connectivity index (χ1n) is 8.54. The quantitative estimate of drug-likeness (QED) is 0.260. The van der Waals surface area contributed by atoms with Gasteiger partial charge in [-0.3, -0.25) is 10.1 Å². The molecule has 0 radical (unpaired) electrons. The van der Waals surface area contributed by atoms with Crippen LogP contribution in [0.3, 0.4) is 0 Å². The number of carboxylic acid groups (broad SMARTS) is 2. The van der Waals surface area contributed by atoms with Gasteiger partial charge in [-0.15, -0.1) is 0 Å². The van der Waals surface area contributed by atoms with Gasteiger partial charge >= 0.3 is 11.9 Å². The van der Waals surface area contributed by atoms with E-state index in [9.17, 15) is 15.2 Å². The van der Waals surface area contributed by atoms with Crippen molar-refractivity contribution in [1.29, 1.82) is 0 Å². The number of phenolic OH excluding ortho intramolecular Hbond substituents is 1. The Balaban J connectivity index is 0.000000501. The van der Waals surface area contributed by atoms with Crippen LogP contribution in [0.2, 0.25) is 5.02 Å². The van der Waals surface area contributed by atoms with E-state index in [1.165, 1.54) is 18.2 Å². The number of carbonyl (C=O) groups is 2. The molecule has 0 saturated carbocycles. The molecule has 12 heteroatoms. The Kier molecular flexibility index (Phi) is 7.53. The molecular weight excluding hydrogens is 432 g/mol. The van der Waals surface area contributed by atoms with Crippen LogP contribution in [-0.4, -0.2) is 41.7 Å². The lowest BCUT2D eigenvalue weighted by atomic mass is 10.1. The molecule has 0 fully saturated rings. The van der Waals surface area contributed by atoms with Gasteiger partial charge in [0.25, 0.3) is 5.69 Å². The third-order valence-electron chi connectivity index (χ3n) is 4.00. The van der Waals surface area contributed by atoms with Crippen molar-refractivity contribution in [3.8, 4) is 17.0 Å². The van der Waals surface area contributed by atoms with Crippen LogP contribution in [0, 0.1) is 10.1 Å². The maximum atomic E-state index is 10.9. The van der Waals surface area contributed by atoms with Crippen molar-refractivity contribution in [2.24, 2.45) is 7.05 Å². The zero-order chi connectivity index (χ0) is 23.1. The minimum atomic E-state index is -1.82. The molecule has 31 heavy (non-hydrogen) atoms. The molecule has 0 spiro atoms. The molecule has 0 atom stereocenters. The van der Waals surface area contributed by atoms with Crippen LogP contribution >= 0.6 is 11.6 Å². The Labute approximate surface area is 180 Å². The van der Waals surface area contributed by atoms with E-state index in [2.05, 4.69) is 10.3 Å². The first-order chi connectivity index (χ1) is 14.6. The average molecular weight is 449 g/mol. The van der Waals surface area contributed by atoms with Crippen molar-refractivity contribution >= 4 is 35.2 Å². The summed E-state index contributed by atoms with van der Waals surface area (Å²) in [7, 11) is 1.81. The largest absolute Gasteiger partial charge is 0.508 e. The van der Waals surface area contributed by atoms with Crippen molar-refractivity contribution in [3.63, 3.8) is 0 Å². The van der Waals surface area contributed by atoms with Crippen LogP contribution in [0.5, 0.6) is 5.75 Å². The van der Waals surface area contributed by atoms with Gasteiger partial charge in [0.2, 0.25) is 5.95 Å². The van der Waals surface area contributed by atoms with Crippen molar-refractivity contribution in [2.75, 3.05) is 5.32 Å². The van der Waals surface area contributed by atoms with Crippen LogP contribution in [0.15, 0.2) is 48.7 Å². The molecule has 0 unspecified atom stereocenters. The molecule has 0 aliphatic heterocycles. The number of rotatable bonds is 5. The minimum absolute atomic E-state index is 0.0251. The Hall–Kier alpha value is -4.12. The second-order valence-electron chi connectivity index (χ2n) is 6.07. The number of nitrogens with zero attached hydrogens (tertiary/aromatic N) is 3. The highest BCUT2D eigenvalue weighted by molar-refractivity contribution is 6.30. The Morgan fingerprint density at radius 1 is 1.19 bits per heavy atom. The normalized spacial score (nSPS) is 10.0. The van der Waals surface area contributed by atoms with E-state index in [4.69, 9.17) is 31.4 Å². The lowest BCUT2D eigenvalue weighted by molar-refractivity contribution is -0.384. The number of hydrogen-bond acceptors (Lipinski definition) is 7. The molecule has 0 bridgehead atoms. The molecule has 2 aromatic carbocycles. The topological polar surface area (TPSA) is 168 Å². The molecular formula is C19H17ClN4O7. The number of hydrogen-bond donors (Lipinski definition) is 4. The fourth-order valence-corrected chi connectivity index (χ4v) is 2.69. The van der Waals surface area contributed by atoms with Crippen molar-refractivity contribution in [1.82, 2.24) is 9.55 Å². The van der Waals surface area contributed by atoms with Crippen molar-refractivity contribution < 1.29 is 29.8 Å². The molecule has 4 N–H and O–H groups in total. The number of nitro benzene ring substituents is 1. The van der Waals surface area contributed by atoms with Gasteiger partial charge in [-0.2, -0.15) is 0 Å². The average Bonchev–Trinajstić information content (AvgIpc) is 3.09. The van der Waals surface area contributed by atoms with Crippen LogP contribution in [0.1, 0.15) is 5.56 Å². The van der Waals surface area contributed by atoms with Gasteiger partial charge in [0.1, 0.15) is 5.75 Å². The highest BCUT2D eigenvalue weighted by atomic mass is 35.5. The number of imidazole rings is 1. The summed E-state index contributed by atoms with van der Waals surface area (Å²) in [5.41, 5.74) is 2.11. The van der Waals surface area contributed by atoms with Gasteiger partial charge in [-0.05, 0) is 18.2 Å². The van der Waals surface area contributed by atoms with E-state index in [-0.39, 0.29) is 11.4 Å². The highest BCUT2D eigenvalue weighted by Crippen LogP contribution is 2.26. The number of non-ortho nitro benzene ring substituents is 1. The molecule has 0 amide bonds. The van der Waals surface area contributed by atoms with Gasteiger partial charge in [0, 0.05) is 41.9 Å². The number of halogens is 1. The molecule has 0 aliphatic rings. The monoisotopic (exact) mass is 448 g/mol. The summed E-state index contributed by atoms with van der Waals surface area (Å²) in [5.74, 6) is -2.93. The van der Waals surface area contributed by atoms with E-state index in [1.807, 2.05) is 0 Å². The van der Waals surface area contributed by atoms with E-state index < -0.39 is 16.9 Å². The Bertz CT molecular complexity index is 1120. The zero-order valence-corrected chi connectivity index (χ0v) is 16.8.